The second kappa shape index (κ2) is 6.35. The van der Waals surface area contributed by atoms with E-state index in [4.69, 9.17) is 9.26 Å². The molecule has 1 aromatic heterocycles. The lowest BCUT2D eigenvalue weighted by Gasteiger charge is -2.39. The Morgan fingerprint density at radius 1 is 1.36 bits per heavy atom. The second-order valence-electron chi connectivity index (χ2n) is 8.21. The molecule has 0 aromatic carbocycles. The van der Waals surface area contributed by atoms with Gasteiger partial charge in [0.25, 0.3) is 5.91 Å². The Labute approximate surface area is 148 Å². The van der Waals surface area contributed by atoms with Crippen molar-refractivity contribution >= 4 is 17.9 Å². The number of anilines is 1. The molecular formula is C18H27N3O4. The fourth-order valence-corrected chi connectivity index (χ4v) is 3.25. The van der Waals surface area contributed by atoms with Crippen LogP contribution in [0, 0.1) is 0 Å². The van der Waals surface area contributed by atoms with Crippen LogP contribution in [0.3, 0.4) is 0 Å². The molecule has 1 atom stereocenters. The first-order valence-electron chi connectivity index (χ1n) is 8.96. The summed E-state index contributed by atoms with van der Waals surface area (Å²) in [5.74, 6) is 0.335. The lowest BCUT2D eigenvalue weighted by atomic mass is 10.0. The van der Waals surface area contributed by atoms with Gasteiger partial charge in [-0.2, -0.15) is 0 Å². The summed E-state index contributed by atoms with van der Waals surface area (Å²) in [5.41, 5.74) is -0.844. The molecule has 3 rings (SSSR count). The van der Waals surface area contributed by atoms with Crippen LogP contribution in [-0.4, -0.2) is 45.8 Å². The number of piperidine rings is 1. The number of nitrogens with zero attached hydrogens (tertiary/aromatic N) is 3. The van der Waals surface area contributed by atoms with Gasteiger partial charge in [-0.25, -0.2) is 4.79 Å². The summed E-state index contributed by atoms with van der Waals surface area (Å²) in [5, 5.41) is 3.74. The second-order valence-corrected chi connectivity index (χ2v) is 8.21. The van der Waals surface area contributed by atoms with Gasteiger partial charge in [0.2, 0.25) is 5.88 Å². The average molecular weight is 349 g/mol. The molecule has 1 aliphatic carbocycles. The first-order chi connectivity index (χ1) is 11.7. The summed E-state index contributed by atoms with van der Waals surface area (Å²) in [4.78, 5) is 29.2. The van der Waals surface area contributed by atoms with E-state index in [0.717, 1.165) is 25.7 Å². The van der Waals surface area contributed by atoms with Crippen LogP contribution in [0.15, 0.2) is 16.8 Å². The van der Waals surface area contributed by atoms with Gasteiger partial charge < -0.3 is 9.26 Å². The van der Waals surface area contributed by atoms with E-state index < -0.39 is 17.7 Å². The van der Waals surface area contributed by atoms with E-state index >= 15 is 0 Å². The number of rotatable bonds is 3. The number of carbonyl (C=O) groups is 2. The van der Waals surface area contributed by atoms with Crippen molar-refractivity contribution in [2.75, 3.05) is 11.4 Å². The van der Waals surface area contributed by atoms with Crippen molar-refractivity contribution in [3.63, 3.8) is 0 Å². The third-order valence-electron chi connectivity index (χ3n) is 4.79. The summed E-state index contributed by atoms with van der Waals surface area (Å²) in [6.45, 7) is 8.06. The topological polar surface area (TPSA) is 75.9 Å². The van der Waals surface area contributed by atoms with E-state index in [2.05, 4.69) is 5.16 Å². The minimum Gasteiger partial charge on any atom is -0.444 e. The number of likely N-dealkylation sites (tertiary alicyclic amines) is 1. The molecule has 2 heterocycles. The zero-order valence-electron chi connectivity index (χ0n) is 15.4. The minimum atomic E-state index is -0.588. The Hall–Kier alpha value is -2.05. The van der Waals surface area contributed by atoms with E-state index in [-0.39, 0.29) is 11.4 Å². The van der Waals surface area contributed by atoms with Crippen molar-refractivity contribution in [3.8, 4) is 0 Å². The van der Waals surface area contributed by atoms with Crippen LogP contribution in [0.2, 0.25) is 0 Å². The fourth-order valence-electron chi connectivity index (χ4n) is 3.25. The monoisotopic (exact) mass is 349 g/mol. The van der Waals surface area contributed by atoms with Gasteiger partial charge in [-0.3, -0.25) is 14.6 Å². The molecule has 0 radical (unpaired) electrons. The molecule has 1 aliphatic heterocycles. The first-order valence-corrected chi connectivity index (χ1v) is 8.96. The highest BCUT2D eigenvalue weighted by Gasteiger charge is 2.51. The highest BCUT2D eigenvalue weighted by molar-refractivity contribution is 5.99. The molecule has 2 aliphatic rings. The third-order valence-corrected chi connectivity index (χ3v) is 4.79. The van der Waals surface area contributed by atoms with Crippen LogP contribution in [-0.2, 0) is 9.53 Å². The van der Waals surface area contributed by atoms with Crippen LogP contribution >= 0.6 is 0 Å². The number of amides is 2. The number of aromatic nitrogens is 1. The summed E-state index contributed by atoms with van der Waals surface area (Å²) >= 11 is 0. The molecule has 2 amide bonds. The molecule has 1 unspecified atom stereocenters. The standard InChI is InChI=1S/C18H27N3O4/c1-17(2,3)24-16(23)20-12-6-5-7-13(20)15(22)21(18(4)9-10-18)14-8-11-19-25-14/h8,11,13H,5-7,9-10,12H2,1-4H3. The van der Waals surface area contributed by atoms with E-state index in [0.29, 0.717) is 18.8 Å². The van der Waals surface area contributed by atoms with Gasteiger partial charge in [0, 0.05) is 18.2 Å². The average Bonchev–Trinajstić information content (AvgIpc) is 3.05. The zero-order chi connectivity index (χ0) is 18.2. The number of ether oxygens (including phenoxy) is 1. The summed E-state index contributed by atoms with van der Waals surface area (Å²) < 4.78 is 10.8. The SMILES string of the molecule is CC(C)(C)OC(=O)N1CCCCC1C(=O)N(c1ccno1)C1(C)CC1. The summed E-state index contributed by atoms with van der Waals surface area (Å²) in [6.07, 6.45) is 5.37. The van der Waals surface area contributed by atoms with Gasteiger partial charge in [0.1, 0.15) is 11.6 Å². The Kier molecular flexibility index (Phi) is 4.51. The largest absolute Gasteiger partial charge is 0.444 e. The van der Waals surface area contributed by atoms with Crippen molar-refractivity contribution in [2.45, 2.75) is 77.0 Å². The minimum absolute atomic E-state index is 0.109. The normalized spacial score (nSPS) is 22.4. The first kappa shape index (κ1) is 17.8. The van der Waals surface area contributed by atoms with Gasteiger partial charge in [-0.15, -0.1) is 0 Å². The van der Waals surface area contributed by atoms with Crippen molar-refractivity contribution in [1.29, 1.82) is 0 Å². The van der Waals surface area contributed by atoms with Crippen LogP contribution in [0.4, 0.5) is 10.7 Å². The van der Waals surface area contributed by atoms with Gasteiger partial charge >= 0.3 is 6.09 Å². The van der Waals surface area contributed by atoms with Gasteiger partial charge in [-0.1, -0.05) is 5.16 Å². The predicted octanol–water partition coefficient (Wildman–Crippen LogP) is 3.35. The Morgan fingerprint density at radius 2 is 2.08 bits per heavy atom. The molecule has 138 valence electrons. The Morgan fingerprint density at radius 3 is 2.64 bits per heavy atom. The Bertz CT molecular complexity index is 631. The third kappa shape index (κ3) is 3.80. The predicted molar refractivity (Wildman–Crippen MR) is 92.2 cm³/mol. The Balaban J connectivity index is 1.83. The quantitative estimate of drug-likeness (QED) is 0.836. The van der Waals surface area contributed by atoms with Crippen LogP contribution < -0.4 is 4.90 Å². The smallest absolute Gasteiger partial charge is 0.410 e. The molecule has 0 bridgehead atoms. The zero-order valence-corrected chi connectivity index (χ0v) is 15.4. The summed E-state index contributed by atoms with van der Waals surface area (Å²) in [6, 6.07) is 1.17. The van der Waals surface area contributed by atoms with E-state index in [9.17, 15) is 9.59 Å². The highest BCUT2D eigenvalue weighted by atomic mass is 16.6. The van der Waals surface area contributed by atoms with Crippen LogP contribution in [0.1, 0.15) is 59.8 Å². The van der Waals surface area contributed by atoms with Gasteiger partial charge in [0.05, 0.1) is 6.20 Å². The fraction of sp³-hybridized carbons (Fsp3) is 0.722. The van der Waals surface area contributed by atoms with E-state index in [1.54, 1.807) is 15.9 Å². The van der Waals surface area contributed by atoms with Crippen molar-refractivity contribution in [2.24, 2.45) is 0 Å². The maximum atomic E-state index is 13.4. The molecule has 0 N–H and O–H groups in total. The van der Waals surface area contributed by atoms with Crippen molar-refractivity contribution in [3.05, 3.63) is 12.3 Å². The number of hydrogen-bond donors (Lipinski definition) is 0. The molecule has 1 aromatic rings. The molecule has 2 fully saturated rings. The van der Waals surface area contributed by atoms with E-state index in [1.807, 2.05) is 27.7 Å². The molecule has 0 spiro atoms. The maximum Gasteiger partial charge on any atom is 0.410 e. The molecular weight excluding hydrogens is 322 g/mol. The van der Waals surface area contributed by atoms with Crippen molar-refractivity contribution < 1.29 is 18.8 Å². The maximum absolute atomic E-state index is 13.4. The van der Waals surface area contributed by atoms with Crippen LogP contribution in [0.25, 0.3) is 0 Å². The van der Waals surface area contributed by atoms with Gasteiger partial charge in [0.15, 0.2) is 0 Å². The van der Waals surface area contributed by atoms with Crippen molar-refractivity contribution in [1.82, 2.24) is 10.1 Å². The van der Waals surface area contributed by atoms with Crippen LogP contribution in [0.5, 0.6) is 0 Å². The molecule has 7 heteroatoms. The number of hydrogen-bond acceptors (Lipinski definition) is 5. The molecule has 1 saturated carbocycles. The summed E-state index contributed by atoms with van der Waals surface area (Å²) in [7, 11) is 0. The molecule has 25 heavy (non-hydrogen) atoms. The van der Waals surface area contributed by atoms with E-state index in [1.165, 1.54) is 6.20 Å². The molecule has 1 saturated heterocycles. The molecule has 7 nitrogen and oxygen atoms in total. The lowest BCUT2D eigenvalue weighted by molar-refractivity contribution is -0.125. The number of carbonyl (C=O) groups excluding carboxylic acids is 2. The van der Waals surface area contributed by atoms with Gasteiger partial charge in [-0.05, 0) is 59.8 Å². The lowest BCUT2D eigenvalue weighted by Crippen LogP contribution is -2.56. The highest BCUT2D eigenvalue weighted by Crippen LogP contribution is 2.44.